The molecular formula is C32H28N2OSi. The van der Waals surface area contributed by atoms with Gasteiger partial charge in [0, 0.05) is 22.9 Å². The number of para-hydroxylation sites is 1. The van der Waals surface area contributed by atoms with Crippen LogP contribution < -0.4 is 21.0 Å². The molecule has 2 N–H and O–H groups in total. The Labute approximate surface area is 213 Å². The van der Waals surface area contributed by atoms with Crippen molar-refractivity contribution in [2.45, 2.75) is 6.54 Å². The number of fused-ring (bicyclic) bond motifs is 3. The van der Waals surface area contributed by atoms with Crippen LogP contribution in [0.3, 0.4) is 0 Å². The van der Waals surface area contributed by atoms with Gasteiger partial charge in [-0.1, -0.05) is 120 Å². The molecular weight excluding hydrogens is 456 g/mol. The molecule has 4 heteroatoms. The van der Waals surface area contributed by atoms with E-state index in [9.17, 15) is 0 Å². The fourth-order valence-corrected chi connectivity index (χ4v) is 6.39. The van der Waals surface area contributed by atoms with E-state index < -0.39 is 9.52 Å². The topological polar surface area (TPSA) is 37.2 Å². The summed E-state index contributed by atoms with van der Waals surface area (Å²) in [7, 11) is -0.539. The Bertz CT molecular complexity index is 1610. The number of nitrogens with one attached hydrogen (secondary N) is 2. The second-order valence-corrected chi connectivity index (χ2v) is 11.1. The van der Waals surface area contributed by atoms with E-state index in [1.165, 1.54) is 21.5 Å². The maximum absolute atomic E-state index is 6.41. The number of furan rings is 1. The predicted molar refractivity (Wildman–Crippen MR) is 155 cm³/mol. The average molecular weight is 485 g/mol. The summed E-state index contributed by atoms with van der Waals surface area (Å²) in [4.78, 5) is 0. The Kier molecular flexibility index (Phi) is 6.36. The van der Waals surface area contributed by atoms with Gasteiger partial charge in [0.05, 0.1) is 21.9 Å². The van der Waals surface area contributed by atoms with Crippen molar-refractivity contribution in [1.29, 1.82) is 0 Å². The Morgan fingerprint density at radius 3 is 2.25 bits per heavy atom. The lowest BCUT2D eigenvalue weighted by atomic mass is 10.0. The number of hydrogen-bond acceptors (Lipinski definition) is 3. The predicted octanol–water partition coefficient (Wildman–Crippen LogP) is 5.53. The van der Waals surface area contributed by atoms with E-state index in [2.05, 4.69) is 114 Å². The van der Waals surface area contributed by atoms with Crippen LogP contribution in [0.2, 0.25) is 0 Å². The Hall–Kier alpha value is -4.12. The van der Waals surface area contributed by atoms with Crippen LogP contribution in [0.25, 0.3) is 33.1 Å². The zero-order valence-corrected chi connectivity index (χ0v) is 21.5. The minimum Gasteiger partial charge on any atom is -0.454 e. The van der Waals surface area contributed by atoms with Crippen molar-refractivity contribution in [2.24, 2.45) is 0 Å². The van der Waals surface area contributed by atoms with Gasteiger partial charge in [0.25, 0.3) is 0 Å². The number of benzene rings is 5. The van der Waals surface area contributed by atoms with E-state index in [0.29, 0.717) is 6.67 Å². The molecule has 3 nitrogen and oxygen atoms in total. The van der Waals surface area contributed by atoms with Crippen LogP contribution in [0.4, 0.5) is 5.69 Å². The van der Waals surface area contributed by atoms with Crippen LogP contribution in [-0.4, -0.2) is 16.2 Å². The summed E-state index contributed by atoms with van der Waals surface area (Å²) in [6.45, 7) is 1.44. The van der Waals surface area contributed by atoms with Gasteiger partial charge in [-0.3, -0.25) is 5.32 Å². The maximum Gasteiger partial charge on any atom is 0.159 e. The van der Waals surface area contributed by atoms with Gasteiger partial charge in [-0.05, 0) is 23.3 Å². The van der Waals surface area contributed by atoms with Crippen molar-refractivity contribution in [3.05, 3.63) is 127 Å². The van der Waals surface area contributed by atoms with E-state index >= 15 is 0 Å². The van der Waals surface area contributed by atoms with Crippen molar-refractivity contribution in [1.82, 2.24) is 5.32 Å². The molecule has 0 fully saturated rings. The summed E-state index contributed by atoms with van der Waals surface area (Å²) in [5.41, 5.74) is 6.48. The second-order valence-electron chi connectivity index (χ2n) is 9.09. The standard InChI is InChI=1S/C32H28N2OSi/c1-3-10-23(11-4-1)21-33-22-34-31-27(18-19-29-28-16-7-8-17-30(28)35-32(29)31)24-12-9-15-26(20-24)36-25-13-5-2-6-14-25/h1-20,33-34H,21-22,36H2. The van der Waals surface area contributed by atoms with Crippen molar-refractivity contribution < 1.29 is 4.42 Å². The fourth-order valence-electron chi connectivity index (χ4n) is 4.84. The maximum atomic E-state index is 6.41. The Morgan fingerprint density at radius 1 is 0.639 bits per heavy atom. The van der Waals surface area contributed by atoms with Crippen LogP contribution in [0.5, 0.6) is 0 Å². The van der Waals surface area contributed by atoms with Crippen molar-refractivity contribution in [2.75, 3.05) is 12.0 Å². The van der Waals surface area contributed by atoms with Gasteiger partial charge in [0.15, 0.2) is 5.58 Å². The Morgan fingerprint density at radius 2 is 1.39 bits per heavy atom. The van der Waals surface area contributed by atoms with Gasteiger partial charge in [-0.25, -0.2) is 0 Å². The molecule has 0 saturated heterocycles. The van der Waals surface area contributed by atoms with Crippen LogP contribution in [0.15, 0.2) is 126 Å². The molecule has 0 aliphatic rings. The third-order valence-electron chi connectivity index (χ3n) is 6.60. The minimum atomic E-state index is -0.539. The fraction of sp³-hybridized carbons (Fsp3) is 0.0625. The second kappa shape index (κ2) is 10.2. The largest absolute Gasteiger partial charge is 0.454 e. The van der Waals surface area contributed by atoms with Crippen molar-refractivity contribution in [3.8, 4) is 11.1 Å². The number of anilines is 1. The molecule has 0 bridgehead atoms. The van der Waals surface area contributed by atoms with Crippen LogP contribution in [-0.2, 0) is 6.54 Å². The molecule has 0 spiro atoms. The van der Waals surface area contributed by atoms with E-state index in [-0.39, 0.29) is 0 Å². The van der Waals surface area contributed by atoms with E-state index in [4.69, 9.17) is 4.42 Å². The van der Waals surface area contributed by atoms with Crippen molar-refractivity contribution >= 4 is 47.5 Å². The Balaban J connectivity index is 1.36. The van der Waals surface area contributed by atoms with Crippen LogP contribution in [0.1, 0.15) is 5.56 Å². The monoisotopic (exact) mass is 484 g/mol. The highest BCUT2D eigenvalue weighted by molar-refractivity contribution is 6.67. The first-order valence-electron chi connectivity index (χ1n) is 12.4. The molecule has 0 radical (unpaired) electrons. The summed E-state index contributed by atoms with van der Waals surface area (Å²) >= 11 is 0. The highest BCUT2D eigenvalue weighted by Crippen LogP contribution is 2.39. The molecule has 0 aliphatic heterocycles. The SMILES string of the molecule is c1ccc(CNCNc2c(-c3cccc([SiH2]c4ccccc4)c3)ccc3c2oc2ccccc23)cc1. The minimum absolute atomic E-state index is 0.539. The van der Waals surface area contributed by atoms with E-state index in [0.717, 1.165) is 39.7 Å². The van der Waals surface area contributed by atoms with Gasteiger partial charge in [0.1, 0.15) is 5.58 Å². The zero-order chi connectivity index (χ0) is 24.2. The molecule has 0 atom stereocenters. The molecule has 1 heterocycles. The molecule has 0 saturated carbocycles. The van der Waals surface area contributed by atoms with Gasteiger partial charge in [0.2, 0.25) is 0 Å². The third kappa shape index (κ3) is 4.69. The number of rotatable bonds is 8. The molecule has 0 amide bonds. The molecule has 176 valence electrons. The molecule has 6 aromatic rings. The highest BCUT2D eigenvalue weighted by atomic mass is 28.2. The quantitative estimate of drug-likeness (QED) is 0.169. The van der Waals surface area contributed by atoms with E-state index in [1.807, 2.05) is 18.2 Å². The third-order valence-corrected chi connectivity index (χ3v) is 8.33. The summed E-state index contributed by atoms with van der Waals surface area (Å²) < 4.78 is 6.41. The lowest BCUT2D eigenvalue weighted by molar-refractivity contribution is 0.668. The normalized spacial score (nSPS) is 11.6. The lowest BCUT2D eigenvalue weighted by Crippen LogP contribution is -2.26. The highest BCUT2D eigenvalue weighted by Gasteiger charge is 2.16. The summed E-state index contributed by atoms with van der Waals surface area (Å²) in [6, 6.07) is 43.0. The average Bonchev–Trinajstić information content (AvgIpc) is 3.31. The molecule has 5 aromatic carbocycles. The molecule has 0 aliphatic carbocycles. The first-order valence-corrected chi connectivity index (χ1v) is 13.8. The molecule has 0 unspecified atom stereocenters. The van der Waals surface area contributed by atoms with Gasteiger partial charge in [-0.2, -0.15) is 0 Å². The molecule has 1 aromatic heterocycles. The van der Waals surface area contributed by atoms with Gasteiger partial charge in [-0.15, -0.1) is 0 Å². The zero-order valence-electron chi connectivity index (χ0n) is 20.1. The summed E-state index contributed by atoms with van der Waals surface area (Å²) in [5.74, 6) is 0. The summed E-state index contributed by atoms with van der Waals surface area (Å²) in [6.07, 6.45) is 0. The molecule has 6 rings (SSSR count). The van der Waals surface area contributed by atoms with Gasteiger partial charge < -0.3 is 9.73 Å². The van der Waals surface area contributed by atoms with Crippen molar-refractivity contribution in [3.63, 3.8) is 0 Å². The number of hydrogen-bond donors (Lipinski definition) is 2. The lowest BCUT2D eigenvalue weighted by Gasteiger charge is -2.15. The van der Waals surface area contributed by atoms with E-state index in [1.54, 1.807) is 0 Å². The smallest absolute Gasteiger partial charge is 0.159 e. The summed E-state index contributed by atoms with van der Waals surface area (Å²) in [5, 5.41) is 12.3. The van der Waals surface area contributed by atoms with Crippen LogP contribution in [0, 0.1) is 0 Å². The molecule has 36 heavy (non-hydrogen) atoms. The first-order chi connectivity index (χ1) is 17.8. The first kappa shape index (κ1) is 22.3. The van der Waals surface area contributed by atoms with Crippen LogP contribution >= 0.6 is 0 Å². The van der Waals surface area contributed by atoms with Gasteiger partial charge >= 0.3 is 0 Å².